The zero-order valence-electron chi connectivity index (χ0n) is 16.5. The summed E-state index contributed by atoms with van der Waals surface area (Å²) in [6.45, 7) is 5.24. The van der Waals surface area contributed by atoms with Gasteiger partial charge in [-0.25, -0.2) is 4.98 Å². The van der Waals surface area contributed by atoms with Crippen LogP contribution in [0.2, 0.25) is 0 Å². The molecule has 0 bridgehead atoms. The number of hydrogen-bond donors (Lipinski definition) is 0. The molecule has 2 fully saturated rings. The number of aromatic nitrogens is 1. The fourth-order valence-corrected chi connectivity index (χ4v) is 4.31. The number of hydrogen-bond acceptors (Lipinski definition) is 6. The molecule has 8 heteroatoms. The van der Waals surface area contributed by atoms with Crippen molar-refractivity contribution in [3.8, 4) is 5.75 Å². The number of amides is 2. The summed E-state index contributed by atoms with van der Waals surface area (Å²) in [5.41, 5.74) is 3.20. The number of likely N-dealkylation sites (tertiary alicyclic amines) is 1. The third kappa shape index (κ3) is 4.94. The molecule has 1 aromatic carbocycles. The first-order chi connectivity index (χ1) is 14.2. The standard InChI is InChI=1S/C21H26N4O3S/c26-20(24-7-3-4-8-24)13-23-9-11-25(12-10-23)21(27)18-5-1-2-6-19(18)28-14-17-15-29-16-22-17/h1-2,5-6,15-16H,3-4,7-14H2. The van der Waals surface area contributed by atoms with Gasteiger partial charge in [0.1, 0.15) is 12.4 Å². The molecule has 2 saturated heterocycles. The minimum atomic E-state index is -0.0237. The molecule has 2 aliphatic heterocycles. The van der Waals surface area contributed by atoms with Gasteiger partial charge in [0.25, 0.3) is 5.91 Å². The molecular formula is C21H26N4O3S. The predicted molar refractivity (Wildman–Crippen MR) is 111 cm³/mol. The second-order valence-corrected chi connectivity index (χ2v) is 8.14. The van der Waals surface area contributed by atoms with Crippen molar-refractivity contribution >= 4 is 23.2 Å². The third-order valence-corrected chi connectivity index (χ3v) is 6.09. The van der Waals surface area contributed by atoms with Gasteiger partial charge in [-0.3, -0.25) is 14.5 Å². The number of para-hydroxylation sites is 1. The van der Waals surface area contributed by atoms with E-state index < -0.39 is 0 Å². The van der Waals surface area contributed by atoms with E-state index in [0.29, 0.717) is 50.6 Å². The summed E-state index contributed by atoms with van der Waals surface area (Å²) in [4.78, 5) is 35.6. The van der Waals surface area contributed by atoms with Crippen LogP contribution in [0.1, 0.15) is 28.9 Å². The van der Waals surface area contributed by atoms with Gasteiger partial charge in [-0.15, -0.1) is 11.3 Å². The molecule has 1 aromatic heterocycles. The van der Waals surface area contributed by atoms with Crippen LogP contribution in [-0.2, 0) is 11.4 Å². The number of benzene rings is 1. The minimum Gasteiger partial charge on any atom is -0.486 e. The van der Waals surface area contributed by atoms with Crippen molar-refractivity contribution in [2.24, 2.45) is 0 Å². The first-order valence-electron chi connectivity index (χ1n) is 10.1. The van der Waals surface area contributed by atoms with Gasteiger partial charge in [0.15, 0.2) is 0 Å². The highest BCUT2D eigenvalue weighted by Gasteiger charge is 2.27. The summed E-state index contributed by atoms with van der Waals surface area (Å²) in [7, 11) is 0. The predicted octanol–water partition coefficient (Wildman–Crippen LogP) is 2.10. The first kappa shape index (κ1) is 19.8. The van der Waals surface area contributed by atoms with Crippen LogP contribution in [0.25, 0.3) is 0 Å². The van der Waals surface area contributed by atoms with E-state index in [1.807, 2.05) is 39.4 Å². The molecule has 0 spiro atoms. The van der Waals surface area contributed by atoms with E-state index in [9.17, 15) is 9.59 Å². The van der Waals surface area contributed by atoms with Gasteiger partial charge < -0.3 is 14.5 Å². The SMILES string of the molecule is O=C(CN1CCN(C(=O)c2ccccc2OCc2cscn2)CC1)N1CCCC1. The van der Waals surface area contributed by atoms with Gasteiger partial charge in [0, 0.05) is 44.6 Å². The number of carbonyl (C=O) groups excluding carboxylic acids is 2. The molecule has 0 atom stereocenters. The number of carbonyl (C=O) groups is 2. The summed E-state index contributed by atoms with van der Waals surface area (Å²) in [5.74, 6) is 0.768. The van der Waals surface area contributed by atoms with Gasteiger partial charge >= 0.3 is 0 Å². The van der Waals surface area contributed by atoms with Crippen LogP contribution in [-0.4, -0.2) is 77.3 Å². The van der Waals surface area contributed by atoms with Gasteiger partial charge in [0.05, 0.1) is 23.3 Å². The maximum Gasteiger partial charge on any atom is 0.257 e. The van der Waals surface area contributed by atoms with Crippen LogP contribution < -0.4 is 4.74 Å². The molecule has 0 unspecified atom stereocenters. The van der Waals surface area contributed by atoms with E-state index >= 15 is 0 Å². The van der Waals surface area contributed by atoms with Crippen LogP contribution in [0.4, 0.5) is 0 Å². The topological polar surface area (TPSA) is 66.0 Å². The summed E-state index contributed by atoms with van der Waals surface area (Å²) in [5, 5.41) is 1.94. The highest BCUT2D eigenvalue weighted by molar-refractivity contribution is 7.07. The highest BCUT2D eigenvalue weighted by atomic mass is 32.1. The van der Waals surface area contributed by atoms with Gasteiger partial charge in [-0.2, -0.15) is 0 Å². The average molecular weight is 415 g/mol. The Morgan fingerprint density at radius 3 is 2.48 bits per heavy atom. The van der Waals surface area contributed by atoms with Crippen molar-refractivity contribution in [2.75, 3.05) is 45.8 Å². The molecule has 7 nitrogen and oxygen atoms in total. The molecule has 0 N–H and O–H groups in total. The van der Waals surface area contributed by atoms with Crippen molar-refractivity contribution in [2.45, 2.75) is 19.4 Å². The molecule has 4 rings (SSSR count). The highest BCUT2D eigenvalue weighted by Crippen LogP contribution is 2.22. The van der Waals surface area contributed by atoms with Crippen LogP contribution in [0.5, 0.6) is 5.75 Å². The van der Waals surface area contributed by atoms with Crippen molar-refractivity contribution in [1.82, 2.24) is 19.7 Å². The van der Waals surface area contributed by atoms with Gasteiger partial charge in [-0.05, 0) is 25.0 Å². The second kappa shape index (κ2) is 9.37. The molecule has 0 saturated carbocycles. The van der Waals surface area contributed by atoms with E-state index in [1.54, 1.807) is 5.51 Å². The lowest BCUT2D eigenvalue weighted by Crippen LogP contribution is -2.51. The molecule has 0 aliphatic carbocycles. The lowest BCUT2D eigenvalue weighted by Gasteiger charge is -2.35. The van der Waals surface area contributed by atoms with E-state index in [-0.39, 0.29) is 11.8 Å². The summed E-state index contributed by atoms with van der Waals surface area (Å²) >= 11 is 1.52. The monoisotopic (exact) mass is 414 g/mol. The number of nitrogens with zero attached hydrogens (tertiary/aromatic N) is 4. The Balaban J connectivity index is 1.32. The van der Waals surface area contributed by atoms with Crippen molar-refractivity contribution in [3.05, 3.63) is 46.4 Å². The number of rotatable bonds is 6. The summed E-state index contributed by atoms with van der Waals surface area (Å²) in [6, 6.07) is 7.36. The Bertz CT molecular complexity index is 828. The maximum atomic E-state index is 13.1. The lowest BCUT2D eigenvalue weighted by atomic mass is 10.1. The molecular weight excluding hydrogens is 388 g/mol. The van der Waals surface area contributed by atoms with Crippen LogP contribution in [0, 0.1) is 0 Å². The van der Waals surface area contributed by atoms with Crippen molar-refractivity contribution < 1.29 is 14.3 Å². The Morgan fingerprint density at radius 1 is 1.00 bits per heavy atom. The largest absolute Gasteiger partial charge is 0.486 e. The number of ether oxygens (including phenoxy) is 1. The zero-order chi connectivity index (χ0) is 20.1. The Morgan fingerprint density at radius 2 is 1.76 bits per heavy atom. The van der Waals surface area contributed by atoms with Crippen LogP contribution in [0.15, 0.2) is 35.2 Å². The van der Waals surface area contributed by atoms with E-state index in [0.717, 1.165) is 31.6 Å². The molecule has 0 radical (unpaired) electrons. The van der Waals surface area contributed by atoms with Crippen molar-refractivity contribution in [1.29, 1.82) is 0 Å². The zero-order valence-corrected chi connectivity index (χ0v) is 17.3. The fraction of sp³-hybridized carbons (Fsp3) is 0.476. The minimum absolute atomic E-state index is 0.0237. The maximum absolute atomic E-state index is 13.1. The number of piperazine rings is 1. The average Bonchev–Trinajstić information content (AvgIpc) is 3.47. The molecule has 3 heterocycles. The summed E-state index contributed by atoms with van der Waals surface area (Å²) in [6.07, 6.45) is 2.22. The third-order valence-electron chi connectivity index (χ3n) is 5.45. The van der Waals surface area contributed by atoms with E-state index in [2.05, 4.69) is 9.88 Å². The lowest BCUT2D eigenvalue weighted by molar-refractivity contribution is -0.131. The molecule has 154 valence electrons. The Labute approximate surface area is 174 Å². The van der Waals surface area contributed by atoms with Gasteiger partial charge in [-0.1, -0.05) is 12.1 Å². The molecule has 2 aromatic rings. The van der Waals surface area contributed by atoms with E-state index in [4.69, 9.17) is 4.74 Å². The van der Waals surface area contributed by atoms with Gasteiger partial charge in [0.2, 0.25) is 5.91 Å². The number of thiazole rings is 1. The molecule has 2 aliphatic rings. The smallest absolute Gasteiger partial charge is 0.257 e. The molecule has 2 amide bonds. The van der Waals surface area contributed by atoms with Crippen LogP contribution >= 0.6 is 11.3 Å². The van der Waals surface area contributed by atoms with Crippen LogP contribution in [0.3, 0.4) is 0 Å². The first-order valence-corrected chi connectivity index (χ1v) is 11.0. The Hall–Kier alpha value is -2.45. The fourth-order valence-electron chi connectivity index (χ4n) is 3.77. The quantitative estimate of drug-likeness (QED) is 0.724. The summed E-state index contributed by atoms with van der Waals surface area (Å²) < 4.78 is 5.86. The Kier molecular flexibility index (Phi) is 6.41. The van der Waals surface area contributed by atoms with E-state index in [1.165, 1.54) is 11.3 Å². The second-order valence-electron chi connectivity index (χ2n) is 7.42. The normalized spacial score (nSPS) is 17.5. The molecule has 29 heavy (non-hydrogen) atoms. The van der Waals surface area contributed by atoms with Crippen molar-refractivity contribution in [3.63, 3.8) is 0 Å².